The maximum absolute atomic E-state index is 11.2. The summed E-state index contributed by atoms with van der Waals surface area (Å²) < 4.78 is 11.2. The summed E-state index contributed by atoms with van der Waals surface area (Å²) in [5.74, 6) is 1.18. The van der Waals surface area contributed by atoms with Gasteiger partial charge in [0.05, 0.1) is 13.3 Å². The first-order chi connectivity index (χ1) is 13.6. The summed E-state index contributed by atoms with van der Waals surface area (Å²) in [7, 11) is 1.54. The van der Waals surface area contributed by atoms with Crippen LogP contribution >= 0.6 is 23.2 Å². The highest BCUT2D eigenvalue weighted by atomic mass is 35.5. The van der Waals surface area contributed by atoms with Crippen LogP contribution in [0.3, 0.4) is 0 Å². The fraction of sp³-hybridized carbons (Fsp3) is 0.111. The number of aromatic amines is 1. The molecular weight excluding hydrogens is 405 g/mol. The Balaban J connectivity index is 1.69. The summed E-state index contributed by atoms with van der Waals surface area (Å²) in [6.07, 6.45) is 2.60. The Labute approximate surface area is 170 Å². The minimum atomic E-state index is -0.380. The molecule has 8 nitrogen and oxygen atoms in total. The van der Waals surface area contributed by atoms with Gasteiger partial charge < -0.3 is 9.47 Å². The lowest BCUT2D eigenvalue weighted by Crippen LogP contribution is -2.10. The zero-order chi connectivity index (χ0) is 19.9. The molecule has 0 aliphatic rings. The van der Waals surface area contributed by atoms with E-state index in [4.69, 9.17) is 32.7 Å². The van der Waals surface area contributed by atoms with Gasteiger partial charge in [-0.05, 0) is 35.9 Å². The first kappa shape index (κ1) is 19.7. The van der Waals surface area contributed by atoms with Gasteiger partial charge in [-0.3, -0.25) is 9.78 Å². The molecule has 0 spiro atoms. The molecule has 0 unspecified atom stereocenters. The van der Waals surface area contributed by atoms with Crippen molar-refractivity contribution in [3.63, 3.8) is 0 Å². The normalized spacial score (nSPS) is 10.8. The largest absolute Gasteiger partial charge is 0.493 e. The van der Waals surface area contributed by atoms with E-state index in [2.05, 4.69) is 25.7 Å². The summed E-state index contributed by atoms with van der Waals surface area (Å²) in [6.45, 7) is 0.198. The zero-order valence-corrected chi connectivity index (χ0v) is 16.2. The van der Waals surface area contributed by atoms with Gasteiger partial charge in [0.2, 0.25) is 5.95 Å². The molecule has 2 aromatic carbocycles. The summed E-state index contributed by atoms with van der Waals surface area (Å²) >= 11 is 12.3. The SMILES string of the molecule is COc1cc(/C=N/Nc2nncc(=O)[nH]2)ccc1OCc1c(Cl)cccc1Cl. The second-order valence-electron chi connectivity index (χ2n) is 5.45. The number of rotatable bonds is 7. The molecule has 0 bridgehead atoms. The quantitative estimate of drug-likeness (QED) is 0.448. The van der Waals surface area contributed by atoms with Gasteiger partial charge in [0.1, 0.15) is 12.8 Å². The van der Waals surface area contributed by atoms with E-state index in [1.54, 1.807) is 36.4 Å². The molecule has 0 aliphatic carbocycles. The van der Waals surface area contributed by atoms with E-state index < -0.39 is 0 Å². The fourth-order valence-electron chi connectivity index (χ4n) is 2.24. The second kappa shape index (κ2) is 9.20. The molecule has 1 aromatic heterocycles. The molecule has 144 valence electrons. The van der Waals surface area contributed by atoms with E-state index in [9.17, 15) is 4.79 Å². The summed E-state index contributed by atoms with van der Waals surface area (Å²) in [4.78, 5) is 13.6. The Morgan fingerprint density at radius 2 is 2.00 bits per heavy atom. The molecule has 3 aromatic rings. The number of H-pyrrole nitrogens is 1. The molecule has 2 N–H and O–H groups in total. The molecule has 28 heavy (non-hydrogen) atoms. The van der Waals surface area contributed by atoms with Gasteiger partial charge >= 0.3 is 0 Å². The number of halogens is 2. The van der Waals surface area contributed by atoms with E-state index in [0.29, 0.717) is 27.1 Å². The minimum Gasteiger partial charge on any atom is -0.493 e. The molecule has 0 fully saturated rings. The third-order valence-electron chi connectivity index (χ3n) is 3.58. The van der Waals surface area contributed by atoms with Crippen molar-refractivity contribution in [2.75, 3.05) is 12.5 Å². The van der Waals surface area contributed by atoms with Crippen LogP contribution in [0.25, 0.3) is 0 Å². The number of nitrogens with zero attached hydrogens (tertiary/aromatic N) is 3. The smallest absolute Gasteiger partial charge is 0.271 e. The standard InChI is InChI=1S/C18H15Cl2N5O3/c1-27-16-7-11(8-21-24-18-23-17(26)9-22-25-18)5-6-15(16)28-10-12-13(19)3-2-4-14(12)20/h2-9H,10H2,1H3,(H2,23,24,25,26)/b21-8+. The molecule has 0 aliphatic heterocycles. The van der Waals surface area contributed by atoms with Gasteiger partial charge in [-0.15, -0.1) is 10.2 Å². The number of ether oxygens (including phenoxy) is 2. The van der Waals surface area contributed by atoms with Crippen LogP contribution < -0.4 is 20.5 Å². The van der Waals surface area contributed by atoms with Crippen molar-refractivity contribution in [2.24, 2.45) is 5.10 Å². The topological polar surface area (TPSA) is 101 Å². The lowest BCUT2D eigenvalue weighted by Gasteiger charge is -2.13. The van der Waals surface area contributed by atoms with Crippen LogP contribution in [-0.2, 0) is 6.61 Å². The number of anilines is 1. The van der Waals surface area contributed by atoms with Crippen LogP contribution in [0.2, 0.25) is 10.0 Å². The highest BCUT2D eigenvalue weighted by molar-refractivity contribution is 6.35. The molecule has 10 heteroatoms. The predicted molar refractivity (Wildman–Crippen MR) is 108 cm³/mol. The number of benzene rings is 2. The van der Waals surface area contributed by atoms with Gasteiger partial charge in [0.25, 0.3) is 5.56 Å². The van der Waals surface area contributed by atoms with E-state index in [-0.39, 0.29) is 18.1 Å². The number of hydrogen-bond donors (Lipinski definition) is 2. The van der Waals surface area contributed by atoms with Crippen LogP contribution in [0.15, 0.2) is 52.5 Å². The van der Waals surface area contributed by atoms with E-state index in [1.165, 1.54) is 13.3 Å². The lowest BCUT2D eigenvalue weighted by atomic mass is 10.2. The maximum atomic E-state index is 11.2. The van der Waals surface area contributed by atoms with Crippen molar-refractivity contribution in [2.45, 2.75) is 6.61 Å². The minimum absolute atomic E-state index is 0.132. The molecule has 0 radical (unpaired) electrons. The highest BCUT2D eigenvalue weighted by Crippen LogP contribution is 2.31. The van der Waals surface area contributed by atoms with Crippen LogP contribution in [0.5, 0.6) is 11.5 Å². The first-order valence-electron chi connectivity index (χ1n) is 8.01. The van der Waals surface area contributed by atoms with Crippen LogP contribution in [-0.4, -0.2) is 28.5 Å². The Morgan fingerprint density at radius 1 is 1.21 bits per heavy atom. The number of nitrogens with one attached hydrogen (secondary N) is 2. The molecule has 0 amide bonds. The Hall–Kier alpha value is -3.10. The third-order valence-corrected chi connectivity index (χ3v) is 4.29. The Kier molecular flexibility index (Phi) is 6.46. The number of methoxy groups -OCH3 is 1. The summed E-state index contributed by atoms with van der Waals surface area (Å²) in [5.41, 5.74) is 3.63. The number of hydrogen-bond acceptors (Lipinski definition) is 7. The zero-order valence-electron chi connectivity index (χ0n) is 14.6. The average molecular weight is 420 g/mol. The van der Waals surface area contributed by atoms with Crippen molar-refractivity contribution in [1.29, 1.82) is 0 Å². The van der Waals surface area contributed by atoms with Crippen molar-refractivity contribution in [1.82, 2.24) is 15.2 Å². The second-order valence-corrected chi connectivity index (χ2v) is 6.27. The molecule has 1 heterocycles. The Morgan fingerprint density at radius 3 is 2.71 bits per heavy atom. The third kappa shape index (κ3) is 4.99. The van der Waals surface area contributed by atoms with E-state index in [1.807, 2.05) is 0 Å². The van der Waals surface area contributed by atoms with Crippen LogP contribution in [0.1, 0.15) is 11.1 Å². The number of aromatic nitrogens is 3. The van der Waals surface area contributed by atoms with E-state index in [0.717, 1.165) is 11.8 Å². The number of hydrazone groups is 1. The molecule has 0 atom stereocenters. The fourth-order valence-corrected chi connectivity index (χ4v) is 2.74. The van der Waals surface area contributed by atoms with Gasteiger partial charge in [-0.2, -0.15) is 5.10 Å². The maximum Gasteiger partial charge on any atom is 0.271 e. The van der Waals surface area contributed by atoms with Crippen molar-refractivity contribution in [3.8, 4) is 11.5 Å². The highest BCUT2D eigenvalue weighted by Gasteiger charge is 2.09. The average Bonchev–Trinajstić information content (AvgIpc) is 2.68. The predicted octanol–water partition coefficient (Wildman–Crippen LogP) is 3.51. The van der Waals surface area contributed by atoms with Gasteiger partial charge in [0.15, 0.2) is 11.5 Å². The molecular formula is C18H15Cl2N5O3. The lowest BCUT2D eigenvalue weighted by molar-refractivity contribution is 0.284. The van der Waals surface area contributed by atoms with Crippen LogP contribution in [0.4, 0.5) is 5.95 Å². The van der Waals surface area contributed by atoms with Crippen molar-refractivity contribution >= 4 is 35.4 Å². The van der Waals surface area contributed by atoms with Crippen LogP contribution in [0, 0.1) is 0 Å². The molecule has 0 saturated carbocycles. The van der Waals surface area contributed by atoms with Crippen molar-refractivity contribution in [3.05, 3.63) is 74.1 Å². The molecule has 0 saturated heterocycles. The Bertz CT molecular complexity index is 1040. The first-order valence-corrected chi connectivity index (χ1v) is 8.77. The summed E-state index contributed by atoms with van der Waals surface area (Å²) in [5, 5.41) is 12.3. The summed E-state index contributed by atoms with van der Waals surface area (Å²) in [6, 6.07) is 10.5. The van der Waals surface area contributed by atoms with Gasteiger partial charge in [-0.25, -0.2) is 5.43 Å². The van der Waals surface area contributed by atoms with Crippen molar-refractivity contribution < 1.29 is 9.47 Å². The van der Waals surface area contributed by atoms with Gasteiger partial charge in [0, 0.05) is 15.6 Å². The van der Waals surface area contributed by atoms with Gasteiger partial charge in [-0.1, -0.05) is 29.3 Å². The molecule has 3 rings (SSSR count). The monoisotopic (exact) mass is 419 g/mol. The van der Waals surface area contributed by atoms with E-state index >= 15 is 0 Å².